The third kappa shape index (κ3) is 3.74. The minimum Gasteiger partial charge on any atom is -0.345 e. The molecule has 0 saturated carbocycles. The van der Waals surface area contributed by atoms with Crippen molar-refractivity contribution < 1.29 is 13.6 Å². The van der Waals surface area contributed by atoms with Crippen LogP contribution < -0.4 is 10.6 Å². The van der Waals surface area contributed by atoms with Gasteiger partial charge in [0.05, 0.1) is 12.0 Å². The van der Waals surface area contributed by atoms with Gasteiger partial charge in [-0.3, -0.25) is 4.79 Å². The van der Waals surface area contributed by atoms with Gasteiger partial charge in [0.25, 0.3) is 0 Å². The molecule has 1 amide bonds. The number of amides is 1. The number of halogens is 2. The molecule has 1 saturated heterocycles. The smallest absolute Gasteiger partial charge is 0.225 e. The summed E-state index contributed by atoms with van der Waals surface area (Å²) >= 11 is 0. The largest absolute Gasteiger partial charge is 0.345 e. The van der Waals surface area contributed by atoms with E-state index in [1.807, 2.05) is 0 Å². The highest BCUT2D eigenvalue weighted by Gasteiger charge is 2.25. The molecule has 0 spiro atoms. The summed E-state index contributed by atoms with van der Waals surface area (Å²) in [5.41, 5.74) is 1.52. The van der Waals surface area contributed by atoms with Crippen LogP contribution in [0.5, 0.6) is 0 Å². The maximum absolute atomic E-state index is 13.2. The molecular formula is C18H18F2N2O. The Morgan fingerprint density at radius 3 is 1.96 bits per heavy atom. The van der Waals surface area contributed by atoms with Crippen molar-refractivity contribution in [2.45, 2.75) is 12.5 Å². The van der Waals surface area contributed by atoms with Gasteiger partial charge in [-0.25, -0.2) is 8.78 Å². The van der Waals surface area contributed by atoms with E-state index in [0.717, 1.165) is 24.1 Å². The number of carbonyl (C=O) groups is 1. The van der Waals surface area contributed by atoms with Gasteiger partial charge in [0.2, 0.25) is 5.91 Å². The molecule has 2 N–H and O–H groups in total. The first kappa shape index (κ1) is 15.6. The van der Waals surface area contributed by atoms with Gasteiger partial charge in [0, 0.05) is 6.54 Å². The summed E-state index contributed by atoms with van der Waals surface area (Å²) in [6, 6.07) is 11.5. The molecule has 3 nitrogen and oxygen atoms in total. The molecule has 3 rings (SSSR count). The molecule has 120 valence electrons. The molecule has 0 aliphatic carbocycles. The predicted molar refractivity (Wildman–Crippen MR) is 83.8 cm³/mol. The van der Waals surface area contributed by atoms with E-state index in [9.17, 15) is 13.6 Å². The van der Waals surface area contributed by atoms with Crippen LogP contribution in [0, 0.1) is 17.6 Å². The monoisotopic (exact) mass is 316 g/mol. The molecule has 1 heterocycles. The minimum absolute atomic E-state index is 0.0475. The van der Waals surface area contributed by atoms with E-state index in [1.54, 1.807) is 24.3 Å². The van der Waals surface area contributed by atoms with Crippen molar-refractivity contribution in [1.82, 2.24) is 10.6 Å². The van der Waals surface area contributed by atoms with Crippen LogP contribution in [-0.4, -0.2) is 19.0 Å². The molecule has 23 heavy (non-hydrogen) atoms. The Bertz CT molecular complexity index is 619. The summed E-state index contributed by atoms with van der Waals surface area (Å²) in [6.07, 6.45) is 0.797. The molecule has 5 heteroatoms. The van der Waals surface area contributed by atoms with Gasteiger partial charge in [0.1, 0.15) is 11.6 Å². The topological polar surface area (TPSA) is 41.1 Å². The summed E-state index contributed by atoms with van der Waals surface area (Å²) < 4.78 is 26.3. The van der Waals surface area contributed by atoms with Crippen LogP contribution in [0.15, 0.2) is 48.5 Å². The van der Waals surface area contributed by atoms with Crippen LogP contribution >= 0.6 is 0 Å². The second-order valence-corrected chi connectivity index (χ2v) is 5.73. The lowest BCUT2D eigenvalue weighted by molar-refractivity contribution is -0.124. The molecular weight excluding hydrogens is 298 g/mol. The highest BCUT2D eigenvalue weighted by Crippen LogP contribution is 2.24. The van der Waals surface area contributed by atoms with Crippen molar-refractivity contribution in [2.75, 3.05) is 13.1 Å². The van der Waals surface area contributed by atoms with Crippen LogP contribution in [0.25, 0.3) is 0 Å². The van der Waals surface area contributed by atoms with Gasteiger partial charge >= 0.3 is 0 Å². The first-order chi connectivity index (χ1) is 11.1. The Kier molecular flexibility index (Phi) is 4.67. The molecule has 0 aromatic heterocycles. The third-order valence-electron chi connectivity index (χ3n) is 4.12. The van der Waals surface area contributed by atoms with Crippen molar-refractivity contribution in [3.8, 4) is 0 Å². The van der Waals surface area contributed by atoms with Gasteiger partial charge < -0.3 is 10.6 Å². The van der Waals surface area contributed by atoms with E-state index < -0.39 is 6.04 Å². The molecule has 2 aromatic rings. The number of hydrogen-bond acceptors (Lipinski definition) is 2. The van der Waals surface area contributed by atoms with Crippen LogP contribution in [0.2, 0.25) is 0 Å². The van der Waals surface area contributed by atoms with Crippen molar-refractivity contribution in [2.24, 2.45) is 5.92 Å². The summed E-state index contributed by atoms with van der Waals surface area (Å²) in [5, 5.41) is 6.17. The highest BCUT2D eigenvalue weighted by atomic mass is 19.1. The standard InChI is InChI=1S/C18H18F2N2O/c19-15-5-1-12(2-6-15)17(13-3-7-16(20)8-4-13)22-18(23)14-9-10-21-11-14/h1-8,14,17,21H,9-11H2,(H,22,23). The molecule has 1 atom stereocenters. The average molecular weight is 316 g/mol. The summed E-state index contributed by atoms with van der Waals surface area (Å²) in [4.78, 5) is 12.4. The zero-order valence-electron chi connectivity index (χ0n) is 12.6. The molecule has 1 unspecified atom stereocenters. The molecule has 1 aliphatic rings. The van der Waals surface area contributed by atoms with E-state index in [0.29, 0.717) is 6.54 Å². The Morgan fingerprint density at radius 1 is 1.00 bits per heavy atom. The Balaban J connectivity index is 1.87. The Morgan fingerprint density at radius 2 is 1.52 bits per heavy atom. The van der Waals surface area contributed by atoms with Crippen LogP contribution in [0.1, 0.15) is 23.6 Å². The second-order valence-electron chi connectivity index (χ2n) is 5.73. The Hall–Kier alpha value is -2.27. The second kappa shape index (κ2) is 6.87. The van der Waals surface area contributed by atoms with Gasteiger partial charge in [0.15, 0.2) is 0 Å². The molecule has 0 radical (unpaired) electrons. The zero-order valence-corrected chi connectivity index (χ0v) is 12.6. The molecule has 1 aliphatic heterocycles. The van der Waals surface area contributed by atoms with E-state index >= 15 is 0 Å². The summed E-state index contributed by atoms with van der Waals surface area (Å²) in [5.74, 6) is -0.789. The number of carbonyl (C=O) groups excluding carboxylic acids is 1. The van der Waals surface area contributed by atoms with Gasteiger partial charge in [-0.05, 0) is 48.4 Å². The summed E-state index contributed by atoms with van der Waals surface area (Å²) in [7, 11) is 0. The third-order valence-corrected chi connectivity index (χ3v) is 4.12. The lowest BCUT2D eigenvalue weighted by atomic mass is 9.97. The fraction of sp³-hybridized carbons (Fsp3) is 0.278. The van der Waals surface area contributed by atoms with Gasteiger partial charge in [-0.2, -0.15) is 0 Å². The maximum atomic E-state index is 13.2. The Labute approximate surface area is 133 Å². The van der Waals surface area contributed by atoms with Crippen molar-refractivity contribution >= 4 is 5.91 Å². The van der Waals surface area contributed by atoms with Crippen molar-refractivity contribution in [3.05, 3.63) is 71.3 Å². The minimum atomic E-state index is -0.427. The normalized spacial score (nSPS) is 17.4. The fourth-order valence-electron chi connectivity index (χ4n) is 2.81. The van der Waals surface area contributed by atoms with Crippen LogP contribution in [0.3, 0.4) is 0 Å². The molecule has 2 aromatic carbocycles. The van der Waals surface area contributed by atoms with E-state index in [-0.39, 0.29) is 23.5 Å². The van der Waals surface area contributed by atoms with E-state index in [1.165, 1.54) is 24.3 Å². The van der Waals surface area contributed by atoms with E-state index in [4.69, 9.17) is 0 Å². The quantitative estimate of drug-likeness (QED) is 0.911. The summed E-state index contributed by atoms with van der Waals surface area (Å²) in [6.45, 7) is 1.49. The fourth-order valence-corrected chi connectivity index (χ4v) is 2.81. The maximum Gasteiger partial charge on any atom is 0.225 e. The lowest BCUT2D eigenvalue weighted by Gasteiger charge is -2.22. The number of benzene rings is 2. The van der Waals surface area contributed by atoms with Crippen LogP contribution in [-0.2, 0) is 4.79 Å². The number of rotatable bonds is 4. The lowest BCUT2D eigenvalue weighted by Crippen LogP contribution is -2.35. The van der Waals surface area contributed by atoms with Gasteiger partial charge in [-0.15, -0.1) is 0 Å². The average Bonchev–Trinajstić information content (AvgIpc) is 3.09. The van der Waals surface area contributed by atoms with Crippen molar-refractivity contribution in [3.63, 3.8) is 0 Å². The van der Waals surface area contributed by atoms with Crippen LogP contribution in [0.4, 0.5) is 8.78 Å². The zero-order chi connectivity index (χ0) is 16.2. The molecule has 1 fully saturated rings. The van der Waals surface area contributed by atoms with Gasteiger partial charge in [-0.1, -0.05) is 24.3 Å². The molecule has 0 bridgehead atoms. The highest BCUT2D eigenvalue weighted by molar-refractivity contribution is 5.80. The first-order valence-electron chi connectivity index (χ1n) is 7.65. The number of nitrogens with one attached hydrogen (secondary N) is 2. The van der Waals surface area contributed by atoms with Crippen molar-refractivity contribution in [1.29, 1.82) is 0 Å². The predicted octanol–water partition coefficient (Wildman–Crippen LogP) is 2.78. The number of hydrogen-bond donors (Lipinski definition) is 2. The first-order valence-corrected chi connectivity index (χ1v) is 7.65. The van der Waals surface area contributed by atoms with E-state index in [2.05, 4.69) is 10.6 Å². The SMILES string of the molecule is O=C(NC(c1ccc(F)cc1)c1ccc(F)cc1)C1CCNC1.